The van der Waals surface area contributed by atoms with Crippen LogP contribution < -0.4 is 9.47 Å². The van der Waals surface area contributed by atoms with Crippen LogP contribution in [0.2, 0.25) is 0 Å². The van der Waals surface area contributed by atoms with Crippen LogP contribution in [-0.2, 0) is 27.4 Å². The molecule has 0 spiro atoms. The van der Waals surface area contributed by atoms with Gasteiger partial charge in [-0.3, -0.25) is 19.4 Å². The quantitative estimate of drug-likeness (QED) is 0.168. The monoisotopic (exact) mass is 806 g/mol. The topological polar surface area (TPSA) is 113 Å². The number of nitriles is 1. The Labute approximate surface area is 325 Å². The molecule has 1 aromatic carbocycles. The summed E-state index contributed by atoms with van der Waals surface area (Å²) in [4.78, 5) is 46.6. The van der Waals surface area contributed by atoms with E-state index in [1.54, 1.807) is 31.2 Å². The third-order valence-corrected chi connectivity index (χ3v) is 11.9. The summed E-state index contributed by atoms with van der Waals surface area (Å²) in [5, 5.41) is 11.7. The van der Waals surface area contributed by atoms with E-state index in [1.165, 1.54) is 11.8 Å². The van der Waals surface area contributed by atoms with Gasteiger partial charge in [-0.05, 0) is 57.2 Å². The number of para-hydroxylation sites is 1. The molecule has 9 nitrogen and oxygen atoms in total. The van der Waals surface area contributed by atoms with Gasteiger partial charge in [-0.25, -0.2) is 0 Å². The SMILES string of the molecule is CCC[C@H]1N(C(=O)c2ncccc2C(F)(F)F)CCC[C@@]1(Oc1csc(C(F)(F)F)c1)C(=O)N1CCC(C#N)(c2ccccc2OCCC(C)(C)C(C)=O)CC1. The van der Waals surface area contributed by atoms with Crippen LogP contribution in [0.1, 0.15) is 99.1 Å². The van der Waals surface area contributed by atoms with Gasteiger partial charge in [0.25, 0.3) is 11.8 Å². The van der Waals surface area contributed by atoms with Crippen molar-refractivity contribution in [3.8, 4) is 17.6 Å². The smallest absolute Gasteiger partial charge is 0.425 e. The van der Waals surface area contributed by atoms with Gasteiger partial charge in [0, 0.05) is 54.7 Å². The Hall–Kier alpha value is -4.65. The maximum Gasteiger partial charge on any atom is 0.425 e. The fourth-order valence-electron chi connectivity index (χ4n) is 7.46. The number of ketones is 1. The van der Waals surface area contributed by atoms with E-state index in [1.807, 2.05) is 13.8 Å². The van der Waals surface area contributed by atoms with E-state index in [9.17, 15) is 41.2 Å². The van der Waals surface area contributed by atoms with E-state index >= 15 is 4.79 Å². The zero-order valence-electron chi connectivity index (χ0n) is 31.6. The fraction of sp³-hybridized carbons (Fsp3) is 0.525. The number of ether oxygens (including phenoxy) is 2. The molecule has 16 heteroatoms. The first-order valence-corrected chi connectivity index (χ1v) is 19.3. The van der Waals surface area contributed by atoms with Gasteiger partial charge in [-0.1, -0.05) is 45.4 Å². The predicted octanol–water partition coefficient (Wildman–Crippen LogP) is 8.87. The Balaban J connectivity index is 1.49. The molecular weight excluding hydrogens is 763 g/mol. The van der Waals surface area contributed by atoms with Crippen molar-refractivity contribution in [2.75, 3.05) is 26.2 Å². The van der Waals surface area contributed by atoms with Gasteiger partial charge in [0.15, 0.2) is 0 Å². The Morgan fingerprint density at radius 1 is 1.00 bits per heavy atom. The van der Waals surface area contributed by atoms with Gasteiger partial charge in [0.1, 0.15) is 27.9 Å². The number of piperidine rings is 2. The second kappa shape index (κ2) is 16.4. The molecular formula is C40H44F6N4O5S. The largest absolute Gasteiger partial charge is 0.493 e. The maximum absolute atomic E-state index is 15.0. The van der Waals surface area contributed by atoms with Gasteiger partial charge < -0.3 is 19.3 Å². The number of hydrogen-bond donors (Lipinski definition) is 0. The van der Waals surface area contributed by atoms with Gasteiger partial charge in [0.05, 0.1) is 29.7 Å². The number of Topliss-reactive ketones (excluding diaryl/α,β-unsaturated/α-hetero) is 1. The lowest BCUT2D eigenvalue weighted by atomic mass is 9.72. The maximum atomic E-state index is 15.0. The number of likely N-dealkylation sites (tertiary alicyclic amines) is 2. The molecule has 302 valence electrons. The highest BCUT2D eigenvalue weighted by Gasteiger charge is 2.57. The summed E-state index contributed by atoms with van der Waals surface area (Å²) in [6.45, 7) is 7.12. The van der Waals surface area contributed by atoms with E-state index in [0.717, 1.165) is 34.7 Å². The standard InChI is InChI=1S/C40H44F6N4O5S/c1-5-10-31-38(55-27-23-32(56-24-27)40(44,45)46,14-9-19-50(31)34(52)33-29(39(41,42)43)12-8-18-48-33)35(53)49-20-15-37(25-47,16-21-49)28-11-6-7-13-30(28)54-22-17-36(3,4)26(2)51/h6-8,11-13,18,23-24,31H,5,9-10,14-17,19-22H2,1-4H3/t31-,38+/m1/s1. The van der Waals surface area contributed by atoms with Crippen molar-refractivity contribution in [2.45, 2.75) is 102 Å². The third-order valence-electron chi connectivity index (χ3n) is 11.0. The minimum Gasteiger partial charge on any atom is -0.493 e. The molecule has 0 radical (unpaired) electrons. The second-order valence-electron chi connectivity index (χ2n) is 15.0. The van der Waals surface area contributed by atoms with Crippen molar-refractivity contribution >= 4 is 28.9 Å². The van der Waals surface area contributed by atoms with E-state index < -0.39 is 62.8 Å². The first-order valence-electron chi connectivity index (χ1n) is 18.4. The zero-order chi connectivity index (χ0) is 41.1. The number of nitrogens with zero attached hydrogens (tertiary/aromatic N) is 4. The summed E-state index contributed by atoms with van der Waals surface area (Å²) < 4.78 is 95.9. The van der Waals surface area contributed by atoms with E-state index in [2.05, 4.69) is 11.1 Å². The zero-order valence-corrected chi connectivity index (χ0v) is 32.4. The molecule has 56 heavy (non-hydrogen) atoms. The lowest BCUT2D eigenvalue weighted by Gasteiger charge is -2.51. The van der Waals surface area contributed by atoms with Crippen molar-refractivity contribution in [3.05, 3.63) is 75.7 Å². The number of carbonyl (C=O) groups excluding carboxylic acids is 3. The predicted molar refractivity (Wildman–Crippen MR) is 195 cm³/mol. The molecule has 2 atom stereocenters. The number of aromatic nitrogens is 1. The van der Waals surface area contributed by atoms with Crippen LogP contribution in [0.25, 0.3) is 0 Å². The van der Waals surface area contributed by atoms with E-state index in [0.29, 0.717) is 35.5 Å². The minimum absolute atomic E-state index is 0.0101. The number of alkyl halides is 6. The Morgan fingerprint density at radius 3 is 2.30 bits per heavy atom. The number of hydrogen-bond acceptors (Lipinski definition) is 8. The lowest BCUT2D eigenvalue weighted by Crippen LogP contribution is -2.68. The molecule has 2 aromatic heterocycles. The third kappa shape index (κ3) is 8.67. The number of thiophene rings is 1. The first kappa shape index (κ1) is 42.5. The summed E-state index contributed by atoms with van der Waals surface area (Å²) >= 11 is 0.369. The van der Waals surface area contributed by atoms with Gasteiger partial charge in [-0.15, -0.1) is 11.3 Å². The molecule has 2 amide bonds. The lowest BCUT2D eigenvalue weighted by molar-refractivity contribution is -0.160. The van der Waals surface area contributed by atoms with Crippen LogP contribution in [0.4, 0.5) is 26.3 Å². The number of amides is 2. The normalized spacial score (nSPS) is 20.3. The Bertz CT molecular complexity index is 1950. The van der Waals surface area contributed by atoms with Crippen molar-refractivity contribution in [1.82, 2.24) is 14.8 Å². The number of pyridine rings is 1. The molecule has 2 aliphatic rings. The van der Waals surface area contributed by atoms with Crippen LogP contribution in [-0.4, -0.2) is 70.3 Å². The summed E-state index contributed by atoms with van der Waals surface area (Å²) in [5.74, 6) is -1.52. The number of rotatable bonds is 12. The number of halogens is 6. The van der Waals surface area contributed by atoms with Crippen molar-refractivity contribution in [1.29, 1.82) is 5.26 Å². The summed E-state index contributed by atoms with van der Waals surface area (Å²) in [6, 6.07) is 10.9. The average molecular weight is 807 g/mol. The summed E-state index contributed by atoms with van der Waals surface area (Å²) in [5.41, 5.74) is -5.22. The molecule has 2 saturated heterocycles. The second-order valence-corrected chi connectivity index (χ2v) is 15.9. The Kier molecular flexibility index (Phi) is 12.5. The first-order chi connectivity index (χ1) is 26.3. The molecule has 2 aliphatic heterocycles. The van der Waals surface area contributed by atoms with Crippen LogP contribution in [0.5, 0.6) is 11.5 Å². The molecule has 2 fully saturated rings. The van der Waals surface area contributed by atoms with Crippen LogP contribution in [0.15, 0.2) is 54.0 Å². The van der Waals surface area contributed by atoms with Gasteiger partial charge >= 0.3 is 12.4 Å². The number of carbonyl (C=O) groups is 3. The van der Waals surface area contributed by atoms with Crippen molar-refractivity contribution in [2.24, 2.45) is 5.41 Å². The van der Waals surface area contributed by atoms with Crippen LogP contribution in [0, 0.1) is 16.7 Å². The molecule has 0 bridgehead atoms. The van der Waals surface area contributed by atoms with Crippen LogP contribution >= 0.6 is 11.3 Å². The fourth-order valence-corrected chi connectivity index (χ4v) is 8.13. The van der Waals surface area contributed by atoms with Crippen molar-refractivity contribution in [3.63, 3.8) is 0 Å². The number of benzene rings is 1. The molecule has 3 aromatic rings. The summed E-state index contributed by atoms with van der Waals surface area (Å²) in [6.07, 6.45) is -7.38. The average Bonchev–Trinajstić information content (AvgIpc) is 3.64. The minimum atomic E-state index is -4.92. The van der Waals surface area contributed by atoms with E-state index in [-0.39, 0.29) is 69.9 Å². The molecule has 0 unspecified atom stereocenters. The molecule has 0 N–H and O–H groups in total. The molecule has 4 heterocycles. The van der Waals surface area contributed by atoms with Gasteiger partial charge in [-0.2, -0.15) is 31.6 Å². The van der Waals surface area contributed by atoms with Gasteiger partial charge in [0.2, 0.25) is 5.60 Å². The van der Waals surface area contributed by atoms with E-state index in [4.69, 9.17) is 9.47 Å². The summed E-state index contributed by atoms with van der Waals surface area (Å²) in [7, 11) is 0. The Morgan fingerprint density at radius 2 is 1.70 bits per heavy atom. The molecule has 0 aliphatic carbocycles. The highest BCUT2D eigenvalue weighted by atomic mass is 32.1. The molecule has 0 saturated carbocycles. The highest BCUT2D eigenvalue weighted by Crippen LogP contribution is 2.45. The van der Waals surface area contributed by atoms with Crippen molar-refractivity contribution < 1.29 is 50.2 Å². The molecule has 5 rings (SSSR count). The van der Waals surface area contributed by atoms with Crippen LogP contribution in [0.3, 0.4) is 0 Å². The highest BCUT2D eigenvalue weighted by molar-refractivity contribution is 7.10.